The van der Waals surface area contributed by atoms with Gasteiger partial charge in [0, 0.05) is 6.04 Å². The molecule has 1 atom stereocenters. The molecule has 0 saturated carbocycles. The van der Waals surface area contributed by atoms with Crippen LogP contribution in [-0.4, -0.2) is 42.1 Å². The van der Waals surface area contributed by atoms with Gasteiger partial charge in [-0.2, -0.15) is 0 Å². The van der Waals surface area contributed by atoms with Crippen molar-refractivity contribution in [1.82, 2.24) is 4.90 Å². The summed E-state index contributed by atoms with van der Waals surface area (Å²) in [5, 5.41) is 0. The first-order valence-corrected chi connectivity index (χ1v) is 7.79. The van der Waals surface area contributed by atoms with Crippen LogP contribution in [0.2, 0.25) is 0 Å². The lowest BCUT2D eigenvalue weighted by molar-refractivity contribution is -0.164. The lowest BCUT2D eigenvalue weighted by atomic mass is 10.1. The highest BCUT2D eigenvalue weighted by atomic mass is 16.6. The number of esters is 1. The van der Waals surface area contributed by atoms with Gasteiger partial charge in [0.1, 0.15) is 12.4 Å². The highest BCUT2D eigenvalue weighted by Crippen LogP contribution is 2.26. The summed E-state index contributed by atoms with van der Waals surface area (Å²) < 4.78 is 10.8. The number of carbonyl (C=O) groups is 2. The average Bonchev–Trinajstić information content (AvgIpc) is 2.94. The van der Waals surface area contributed by atoms with E-state index in [1.54, 1.807) is 4.90 Å². The molecule has 1 aromatic rings. The van der Waals surface area contributed by atoms with Crippen LogP contribution in [0.25, 0.3) is 0 Å². The van der Waals surface area contributed by atoms with E-state index < -0.39 is 12.1 Å². The van der Waals surface area contributed by atoms with Crippen molar-refractivity contribution in [3.63, 3.8) is 0 Å². The minimum Gasteiger partial charge on any atom is -0.425 e. The molecule has 0 radical (unpaired) electrons. The predicted molar refractivity (Wildman–Crippen MR) is 80.7 cm³/mol. The highest BCUT2D eigenvalue weighted by molar-refractivity contribution is 5.83. The van der Waals surface area contributed by atoms with E-state index in [0.717, 1.165) is 19.3 Å². The lowest BCUT2D eigenvalue weighted by Gasteiger charge is -2.34. The Morgan fingerprint density at radius 2 is 2.09 bits per heavy atom. The number of morpholine rings is 1. The summed E-state index contributed by atoms with van der Waals surface area (Å²) in [5.74, 6) is 0.0370. The second-order valence-electron chi connectivity index (χ2n) is 6.14. The van der Waals surface area contributed by atoms with Crippen molar-refractivity contribution in [2.45, 2.75) is 45.3 Å². The van der Waals surface area contributed by atoms with Crippen molar-refractivity contribution in [2.75, 3.05) is 13.2 Å². The Bertz CT molecular complexity index is 596. The number of benzene rings is 1. The number of rotatable bonds is 3. The van der Waals surface area contributed by atoms with Crippen LogP contribution in [0, 0.1) is 0 Å². The van der Waals surface area contributed by atoms with E-state index in [2.05, 4.69) is 0 Å². The summed E-state index contributed by atoms with van der Waals surface area (Å²) in [6.45, 7) is 4.03. The van der Waals surface area contributed by atoms with Gasteiger partial charge in [-0.05, 0) is 56.4 Å². The summed E-state index contributed by atoms with van der Waals surface area (Å²) in [6, 6.07) is 5.84. The van der Waals surface area contributed by atoms with Gasteiger partial charge in [-0.25, -0.2) is 4.79 Å². The molecule has 1 amide bonds. The molecule has 1 heterocycles. The van der Waals surface area contributed by atoms with Crippen LogP contribution in [0.1, 0.15) is 31.4 Å². The molecule has 2 aliphatic rings. The van der Waals surface area contributed by atoms with Crippen LogP contribution in [0.5, 0.6) is 5.75 Å². The topological polar surface area (TPSA) is 55.8 Å². The molecule has 118 valence electrons. The molecule has 1 saturated heterocycles. The smallest absolute Gasteiger partial charge is 0.342 e. The minimum absolute atomic E-state index is 0.0479. The number of fused-ring (bicyclic) bond motifs is 1. The molecule has 5 nitrogen and oxygen atoms in total. The quantitative estimate of drug-likeness (QED) is 0.630. The molecule has 5 heteroatoms. The van der Waals surface area contributed by atoms with Crippen LogP contribution < -0.4 is 4.74 Å². The Morgan fingerprint density at radius 1 is 1.32 bits per heavy atom. The number of amides is 1. The van der Waals surface area contributed by atoms with Crippen LogP contribution in [0.15, 0.2) is 18.2 Å². The fourth-order valence-electron chi connectivity index (χ4n) is 3.02. The molecule has 1 aromatic carbocycles. The van der Waals surface area contributed by atoms with Crippen LogP contribution in [0.4, 0.5) is 0 Å². The van der Waals surface area contributed by atoms with E-state index in [-0.39, 0.29) is 25.1 Å². The Balaban J connectivity index is 1.65. The van der Waals surface area contributed by atoms with E-state index in [0.29, 0.717) is 5.75 Å². The zero-order valence-electron chi connectivity index (χ0n) is 13.0. The zero-order chi connectivity index (χ0) is 15.7. The number of nitrogens with zero attached hydrogens (tertiary/aromatic N) is 1. The van der Waals surface area contributed by atoms with E-state index >= 15 is 0 Å². The Labute approximate surface area is 130 Å². The lowest BCUT2D eigenvalue weighted by Crippen LogP contribution is -2.52. The second-order valence-corrected chi connectivity index (χ2v) is 6.14. The summed E-state index contributed by atoms with van der Waals surface area (Å²) >= 11 is 0. The molecule has 0 N–H and O–H groups in total. The molecule has 0 aromatic heterocycles. The first kappa shape index (κ1) is 15.0. The molecule has 22 heavy (non-hydrogen) atoms. The predicted octanol–water partition coefficient (Wildman–Crippen LogP) is 1.72. The maximum absolute atomic E-state index is 12.3. The number of hydrogen-bond acceptors (Lipinski definition) is 4. The zero-order valence-corrected chi connectivity index (χ0v) is 13.0. The van der Waals surface area contributed by atoms with Gasteiger partial charge in [0.05, 0.1) is 6.54 Å². The van der Waals surface area contributed by atoms with E-state index in [1.165, 1.54) is 11.1 Å². The van der Waals surface area contributed by atoms with Crippen LogP contribution in [-0.2, 0) is 27.2 Å². The van der Waals surface area contributed by atoms with E-state index in [9.17, 15) is 9.59 Å². The normalized spacial score (nSPS) is 21.1. The average molecular weight is 303 g/mol. The Kier molecular flexibility index (Phi) is 4.16. The summed E-state index contributed by atoms with van der Waals surface area (Å²) in [6.07, 6.45) is 2.58. The first-order valence-electron chi connectivity index (χ1n) is 7.79. The molecule has 1 aliphatic carbocycles. The monoisotopic (exact) mass is 303 g/mol. The van der Waals surface area contributed by atoms with Gasteiger partial charge < -0.3 is 14.4 Å². The largest absolute Gasteiger partial charge is 0.425 e. The van der Waals surface area contributed by atoms with Crippen molar-refractivity contribution >= 4 is 11.9 Å². The van der Waals surface area contributed by atoms with Gasteiger partial charge in [-0.1, -0.05) is 6.07 Å². The van der Waals surface area contributed by atoms with E-state index in [4.69, 9.17) is 9.47 Å². The number of hydrogen-bond donors (Lipinski definition) is 0. The van der Waals surface area contributed by atoms with Crippen molar-refractivity contribution in [2.24, 2.45) is 0 Å². The van der Waals surface area contributed by atoms with Crippen LogP contribution in [0.3, 0.4) is 0 Å². The van der Waals surface area contributed by atoms with Crippen LogP contribution >= 0.6 is 0 Å². The number of ether oxygens (including phenoxy) is 2. The number of aryl methyl sites for hydroxylation is 2. The molecule has 1 fully saturated rings. The van der Waals surface area contributed by atoms with Gasteiger partial charge in [0.2, 0.25) is 5.91 Å². The fraction of sp³-hybridized carbons (Fsp3) is 0.529. The Morgan fingerprint density at radius 3 is 2.86 bits per heavy atom. The summed E-state index contributed by atoms with van der Waals surface area (Å²) in [4.78, 5) is 25.6. The van der Waals surface area contributed by atoms with E-state index in [1.807, 2.05) is 32.0 Å². The third-order valence-electron chi connectivity index (χ3n) is 4.27. The number of carbonyl (C=O) groups excluding carboxylic acids is 2. The molecule has 3 rings (SSSR count). The van der Waals surface area contributed by atoms with Gasteiger partial charge in [-0.3, -0.25) is 4.79 Å². The van der Waals surface area contributed by atoms with Gasteiger partial charge >= 0.3 is 5.97 Å². The third-order valence-corrected chi connectivity index (χ3v) is 4.27. The maximum atomic E-state index is 12.3. The van der Waals surface area contributed by atoms with Gasteiger partial charge in [0.25, 0.3) is 0 Å². The van der Waals surface area contributed by atoms with Crippen molar-refractivity contribution < 1.29 is 19.1 Å². The van der Waals surface area contributed by atoms with Crippen molar-refractivity contribution in [1.29, 1.82) is 0 Å². The second kappa shape index (κ2) is 6.08. The Hall–Kier alpha value is -1.88. The first-order chi connectivity index (χ1) is 10.5. The minimum atomic E-state index is -0.714. The molecule has 0 bridgehead atoms. The summed E-state index contributed by atoms with van der Waals surface area (Å²) in [5.41, 5.74) is 2.60. The maximum Gasteiger partial charge on any atom is 0.342 e. The molecular weight excluding hydrogens is 282 g/mol. The highest BCUT2D eigenvalue weighted by Gasteiger charge is 2.33. The molecular formula is C17H21NO4. The van der Waals surface area contributed by atoms with Gasteiger partial charge in [0.15, 0.2) is 6.10 Å². The SMILES string of the molecule is CC(C)N1CC(C(=O)Oc2ccc3c(c2)CCC3)OCC1=O. The third kappa shape index (κ3) is 2.99. The van der Waals surface area contributed by atoms with Crippen molar-refractivity contribution in [3.05, 3.63) is 29.3 Å². The molecule has 0 spiro atoms. The summed E-state index contributed by atoms with van der Waals surface area (Å²) in [7, 11) is 0. The molecule has 1 unspecified atom stereocenters. The standard InChI is InChI=1S/C17H21NO4/c1-11(2)18-9-15(21-10-16(18)19)17(20)22-14-7-6-12-4-3-5-13(12)8-14/h6-8,11,15H,3-5,9-10H2,1-2H3. The van der Waals surface area contributed by atoms with Gasteiger partial charge in [-0.15, -0.1) is 0 Å². The fourth-order valence-corrected chi connectivity index (χ4v) is 3.02. The van der Waals surface area contributed by atoms with Crippen molar-refractivity contribution in [3.8, 4) is 5.75 Å². The molecule has 1 aliphatic heterocycles.